The zero-order valence-electron chi connectivity index (χ0n) is 10.2. The Hall–Kier alpha value is -1.60. The van der Waals surface area contributed by atoms with Crippen molar-refractivity contribution in [3.8, 4) is 0 Å². The van der Waals surface area contributed by atoms with Crippen LogP contribution in [0.3, 0.4) is 0 Å². The monoisotopic (exact) mass is 225 g/mol. The van der Waals surface area contributed by atoms with Crippen molar-refractivity contribution >= 4 is 0 Å². The Kier molecular flexibility index (Phi) is 3.94. The lowest BCUT2D eigenvalue weighted by atomic mass is 9.87. The molecule has 17 heavy (non-hydrogen) atoms. The Labute approximate surface area is 103 Å². The molecule has 0 fully saturated rings. The van der Waals surface area contributed by atoms with Gasteiger partial charge in [-0.2, -0.15) is 0 Å². The zero-order chi connectivity index (χ0) is 12.1. The summed E-state index contributed by atoms with van der Waals surface area (Å²) in [6, 6.07) is 21.2. The number of hydrogen-bond donors (Lipinski definition) is 1. The minimum Gasteiger partial charge on any atom is -0.327 e. The first-order chi connectivity index (χ1) is 8.27. The van der Waals surface area contributed by atoms with Gasteiger partial charge in [0, 0.05) is 12.0 Å². The van der Waals surface area contributed by atoms with E-state index < -0.39 is 0 Å². The van der Waals surface area contributed by atoms with Crippen LogP contribution in [0.1, 0.15) is 24.0 Å². The van der Waals surface area contributed by atoms with Crippen LogP contribution in [0.2, 0.25) is 0 Å². The highest BCUT2D eigenvalue weighted by Gasteiger charge is 2.16. The second kappa shape index (κ2) is 5.65. The first-order valence-electron chi connectivity index (χ1n) is 6.12. The van der Waals surface area contributed by atoms with E-state index in [2.05, 4.69) is 55.5 Å². The van der Waals surface area contributed by atoms with Gasteiger partial charge in [-0.15, -0.1) is 0 Å². The van der Waals surface area contributed by atoms with Crippen molar-refractivity contribution in [2.45, 2.75) is 25.3 Å². The van der Waals surface area contributed by atoms with E-state index >= 15 is 0 Å². The molecule has 0 heterocycles. The molecular formula is C16H19N. The van der Waals surface area contributed by atoms with Crippen molar-refractivity contribution in [3.63, 3.8) is 0 Å². The van der Waals surface area contributed by atoms with Crippen LogP contribution >= 0.6 is 0 Å². The van der Waals surface area contributed by atoms with Crippen molar-refractivity contribution in [2.75, 3.05) is 0 Å². The Balaban J connectivity index is 2.20. The molecule has 2 rings (SSSR count). The summed E-state index contributed by atoms with van der Waals surface area (Å²) in [5.74, 6) is 0.388. The van der Waals surface area contributed by atoms with E-state index in [1.165, 1.54) is 11.1 Å². The van der Waals surface area contributed by atoms with Crippen molar-refractivity contribution in [1.82, 2.24) is 0 Å². The van der Waals surface area contributed by atoms with E-state index in [-0.39, 0.29) is 6.04 Å². The fraction of sp³-hybridized carbons (Fsp3) is 0.250. The van der Waals surface area contributed by atoms with Crippen LogP contribution in [0.5, 0.6) is 0 Å². The summed E-state index contributed by atoms with van der Waals surface area (Å²) in [7, 11) is 0. The maximum absolute atomic E-state index is 6.12. The van der Waals surface area contributed by atoms with E-state index in [0.717, 1.165) is 6.42 Å². The van der Waals surface area contributed by atoms with Gasteiger partial charge in [0.2, 0.25) is 0 Å². The van der Waals surface area contributed by atoms with Crippen LogP contribution in [0.4, 0.5) is 0 Å². The summed E-state index contributed by atoms with van der Waals surface area (Å²) in [5, 5.41) is 0. The molecule has 0 amide bonds. The highest BCUT2D eigenvalue weighted by Crippen LogP contribution is 2.23. The molecule has 88 valence electrons. The van der Waals surface area contributed by atoms with Gasteiger partial charge in [-0.1, -0.05) is 60.7 Å². The Morgan fingerprint density at radius 3 is 1.94 bits per heavy atom. The quantitative estimate of drug-likeness (QED) is 0.848. The predicted molar refractivity (Wildman–Crippen MR) is 73.0 cm³/mol. The van der Waals surface area contributed by atoms with Gasteiger partial charge < -0.3 is 5.73 Å². The third kappa shape index (κ3) is 3.18. The van der Waals surface area contributed by atoms with Gasteiger partial charge in [-0.25, -0.2) is 0 Å². The largest absolute Gasteiger partial charge is 0.327 e. The third-order valence-corrected chi connectivity index (χ3v) is 3.16. The van der Waals surface area contributed by atoms with Gasteiger partial charge in [0.25, 0.3) is 0 Å². The SMILES string of the molecule is C[C@H](N)[C@H](Cc1ccccc1)c1ccccc1. The Bertz CT molecular complexity index is 434. The number of rotatable bonds is 4. The fourth-order valence-electron chi connectivity index (χ4n) is 2.18. The molecule has 2 aromatic rings. The lowest BCUT2D eigenvalue weighted by molar-refractivity contribution is 0.565. The summed E-state index contributed by atoms with van der Waals surface area (Å²) in [4.78, 5) is 0. The van der Waals surface area contributed by atoms with Gasteiger partial charge in [0.05, 0.1) is 0 Å². The average Bonchev–Trinajstić information content (AvgIpc) is 2.38. The maximum Gasteiger partial charge on any atom is 0.00825 e. The lowest BCUT2D eigenvalue weighted by Gasteiger charge is -2.21. The molecule has 0 aliphatic carbocycles. The molecule has 2 atom stereocenters. The van der Waals surface area contributed by atoms with E-state index in [1.807, 2.05) is 12.1 Å². The smallest absolute Gasteiger partial charge is 0.00825 e. The van der Waals surface area contributed by atoms with E-state index in [1.54, 1.807) is 0 Å². The summed E-state index contributed by atoms with van der Waals surface area (Å²) < 4.78 is 0. The maximum atomic E-state index is 6.12. The summed E-state index contributed by atoms with van der Waals surface area (Å²) in [6.45, 7) is 2.08. The first-order valence-corrected chi connectivity index (χ1v) is 6.12. The van der Waals surface area contributed by atoms with Crippen LogP contribution in [0.15, 0.2) is 60.7 Å². The highest BCUT2D eigenvalue weighted by atomic mass is 14.6. The highest BCUT2D eigenvalue weighted by molar-refractivity contribution is 5.25. The molecule has 0 aliphatic heterocycles. The van der Waals surface area contributed by atoms with Gasteiger partial charge in [0.15, 0.2) is 0 Å². The Morgan fingerprint density at radius 1 is 0.882 bits per heavy atom. The van der Waals surface area contributed by atoms with E-state index in [9.17, 15) is 0 Å². The number of nitrogens with two attached hydrogens (primary N) is 1. The number of hydrogen-bond acceptors (Lipinski definition) is 1. The molecule has 0 aliphatic rings. The molecule has 0 spiro atoms. The van der Waals surface area contributed by atoms with Gasteiger partial charge in [-0.3, -0.25) is 0 Å². The minimum absolute atomic E-state index is 0.164. The molecule has 2 N–H and O–H groups in total. The summed E-state index contributed by atoms with van der Waals surface area (Å²) >= 11 is 0. The first kappa shape index (κ1) is 11.9. The second-order valence-electron chi connectivity index (χ2n) is 4.57. The fourth-order valence-corrected chi connectivity index (χ4v) is 2.18. The van der Waals surface area contributed by atoms with Gasteiger partial charge in [-0.05, 0) is 24.5 Å². The zero-order valence-corrected chi connectivity index (χ0v) is 10.2. The summed E-state index contributed by atoms with van der Waals surface area (Å²) in [5.41, 5.74) is 8.79. The topological polar surface area (TPSA) is 26.0 Å². The van der Waals surface area contributed by atoms with Crippen LogP contribution in [-0.2, 0) is 6.42 Å². The van der Waals surface area contributed by atoms with Gasteiger partial charge in [0.1, 0.15) is 0 Å². The second-order valence-corrected chi connectivity index (χ2v) is 4.57. The molecule has 0 unspecified atom stereocenters. The van der Waals surface area contributed by atoms with Crippen molar-refractivity contribution in [3.05, 3.63) is 71.8 Å². The molecule has 0 saturated carbocycles. The molecular weight excluding hydrogens is 206 g/mol. The van der Waals surface area contributed by atoms with Crippen LogP contribution in [0.25, 0.3) is 0 Å². The van der Waals surface area contributed by atoms with Crippen LogP contribution in [-0.4, -0.2) is 6.04 Å². The van der Waals surface area contributed by atoms with Crippen molar-refractivity contribution < 1.29 is 0 Å². The third-order valence-electron chi connectivity index (χ3n) is 3.16. The minimum atomic E-state index is 0.164. The molecule has 0 radical (unpaired) electrons. The van der Waals surface area contributed by atoms with Crippen LogP contribution in [0, 0.1) is 0 Å². The number of benzene rings is 2. The molecule has 1 heteroatoms. The van der Waals surface area contributed by atoms with E-state index in [0.29, 0.717) is 5.92 Å². The standard InChI is InChI=1S/C16H19N/c1-13(17)16(15-10-6-3-7-11-15)12-14-8-4-2-5-9-14/h2-11,13,16H,12,17H2,1H3/t13-,16-/m0/s1. The molecule has 0 aromatic heterocycles. The normalized spacial score (nSPS) is 14.2. The molecule has 0 saturated heterocycles. The van der Waals surface area contributed by atoms with E-state index in [4.69, 9.17) is 5.73 Å². The summed E-state index contributed by atoms with van der Waals surface area (Å²) in [6.07, 6.45) is 1.00. The van der Waals surface area contributed by atoms with Crippen molar-refractivity contribution in [2.24, 2.45) is 5.73 Å². The average molecular weight is 225 g/mol. The lowest BCUT2D eigenvalue weighted by Crippen LogP contribution is -2.26. The van der Waals surface area contributed by atoms with Crippen LogP contribution < -0.4 is 5.73 Å². The molecule has 1 nitrogen and oxygen atoms in total. The predicted octanol–water partition coefficient (Wildman–Crippen LogP) is 3.36. The molecule has 0 bridgehead atoms. The molecule has 2 aromatic carbocycles. The van der Waals surface area contributed by atoms with Crippen molar-refractivity contribution in [1.29, 1.82) is 0 Å². The van der Waals surface area contributed by atoms with Gasteiger partial charge >= 0.3 is 0 Å². The Morgan fingerprint density at radius 2 is 1.41 bits per heavy atom.